The van der Waals surface area contributed by atoms with Gasteiger partial charge in [0.05, 0.1) is 6.20 Å². The number of aryl methyl sites for hydroxylation is 1. The Bertz CT molecular complexity index is 260. The highest BCUT2D eigenvalue weighted by Crippen LogP contribution is 2.18. The summed E-state index contributed by atoms with van der Waals surface area (Å²) < 4.78 is 1.96. The largest absolute Gasteiger partial charge is 0.290 e. The van der Waals surface area contributed by atoms with E-state index in [2.05, 4.69) is 15.2 Å². The zero-order chi connectivity index (χ0) is 6.27. The van der Waals surface area contributed by atoms with Crippen LogP contribution >= 0.6 is 0 Å². The maximum atomic E-state index is 4.00. The van der Waals surface area contributed by atoms with Crippen molar-refractivity contribution in [3.05, 3.63) is 11.9 Å². The minimum Gasteiger partial charge on any atom is -0.290 e. The van der Waals surface area contributed by atoms with Crippen molar-refractivity contribution in [2.75, 3.05) is 0 Å². The minimum atomic E-state index is 0.640. The van der Waals surface area contributed by atoms with Crippen molar-refractivity contribution in [2.45, 2.75) is 13.6 Å². The Morgan fingerprint density at radius 3 is 3.33 bits per heavy atom. The van der Waals surface area contributed by atoms with Crippen LogP contribution < -0.4 is 0 Å². The van der Waals surface area contributed by atoms with Gasteiger partial charge >= 0.3 is 0 Å². The smallest absolute Gasteiger partial charge is 0.250 e. The summed E-state index contributed by atoms with van der Waals surface area (Å²) in [6.07, 6.45) is 1.80. The molecular weight excluding hydrogens is 116 g/mol. The van der Waals surface area contributed by atoms with Gasteiger partial charge in [0.1, 0.15) is 6.67 Å². The van der Waals surface area contributed by atoms with Gasteiger partial charge in [-0.3, -0.25) is 4.57 Å². The van der Waals surface area contributed by atoms with E-state index in [-0.39, 0.29) is 0 Å². The molecule has 9 heavy (non-hydrogen) atoms. The lowest BCUT2D eigenvalue weighted by Gasteiger charge is -1.91. The lowest BCUT2D eigenvalue weighted by atomic mass is 10.5. The molecule has 0 radical (unpaired) electrons. The van der Waals surface area contributed by atoms with E-state index in [1.165, 1.54) is 0 Å². The number of nitrogens with zero attached hydrogens (tertiary/aromatic N) is 4. The molecule has 0 fully saturated rings. The van der Waals surface area contributed by atoms with Gasteiger partial charge in [-0.05, 0) is 6.92 Å². The lowest BCUT2D eigenvalue weighted by Crippen LogP contribution is -1.90. The molecule has 46 valence electrons. The summed E-state index contributed by atoms with van der Waals surface area (Å²) in [7, 11) is 0. The molecule has 0 aliphatic carbocycles. The topological polar surface area (TPSA) is 42.5 Å². The summed E-state index contributed by atoms with van der Waals surface area (Å²) in [5.41, 5.74) is 1.12. The van der Waals surface area contributed by atoms with E-state index >= 15 is 0 Å². The molecule has 0 aromatic carbocycles. The Balaban J connectivity index is 2.65. The van der Waals surface area contributed by atoms with Gasteiger partial charge in [0.25, 0.3) is 5.95 Å². The van der Waals surface area contributed by atoms with E-state index in [1.807, 2.05) is 11.5 Å². The molecule has 2 heterocycles. The average molecular weight is 122 g/mol. The number of fused-ring (bicyclic) bond motifs is 1. The van der Waals surface area contributed by atoms with Crippen LogP contribution in [-0.4, -0.2) is 9.55 Å². The summed E-state index contributed by atoms with van der Waals surface area (Å²) in [4.78, 5) is 4.00. The second-order valence-corrected chi connectivity index (χ2v) is 2.01. The Morgan fingerprint density at radius 1 is 1.67 bits per heavy atom. The number of imidazole rings is 1. The molecule has 0 saturated heterocycles. The standard InChI is InChI=1S/C5H6N4/c1-4-2-6-5-8-7-3-9(4)5/h2H,3H2,1H3. The molecular formula is C5H6N4. The van der Waals surface area contributed by atoms with Crippen molar-refractivity contribution in [1.82, 2.24) is 9.55 Å². The summed E-state index contributed by atoms with van der Waals surface area (Å²) in [5.74, 6) is 0.729. The second kappa shape index (κ2) is 1.40. The van der Waals surface area contributed by atoms with Crippen LogP contribution in [0.3, 0.4) is 0 Å². The minimum absolute atomic E-state index is 0.640. The first kappa shape index (κ1) is 4.67. The first-order chi connectivity index (χ1) is 4.38. The molecule has 4 nitrogen and oxygen atoms in total. The Hall–Kier alpha value is -1.19. The van der Waals surface area contributed by atoms with Crippen LogP contribution in [0.5, 0.6) is 0 Å². The van der Waals surface area contributed by atoms with Gasteiger partial charge in [0.15, 0.2) is 0 Å². The van der Waals surface area contributed by atoms with Gasteiger partial charge in [0.2, 0.25) is 0 Å². The molecule has 2 rings (SSSR count). The quantitative estimate of drug-likeness (QED) is 0.510. The van der Waals surface area contributed by atoms with Crippen LogP contribution in [0.2, 0.25) is 0 Å². The normalized spacial score (nSPS) is 14.3. The molecule has 0 saturated carbocycles. The number of hydrogen-bond acceptors (Lipinski definition) is 3. The molecule has 0 unspecified atom stereocenters. The zero-order valence-electron chi connectivity index (χ0n) is 5.07. The van der Waals surface area contributed by atoms with Crippen molar-refractivity contribution in [1.29, 1.82) is 0 Å². The molecule has 0 atom stereocenters. The monoisotopic (exact) mass is 122 g/mol. The van der Waals surface area contributed by atoms with E-state index in [0.717, 1.165) is 11.6 Å². The highest BCUT2D eigenvalue weighted by atomic mass is 15.4. The first-order valence-corrected chi connectivity index (χ1v) is 2.77. The fourth-order valence-electron chi connectivity index (χ4n) is 0.861. The van der Waals surface area contributed by atoms with Gasteiger partial charge in [-0.1, -0.05) is 0 Å². The van der Waals surface area contributed by atoms with E-state index in [0.29, 0.717) is 6.67 Å². The van der Waals surface area contributed by atoms with Crippen LogP contribution in [-0.2, 0) is 6.67 Å². The second-order valence-electron chi connectivity index (χ2n) is 2.01. The third-order valence-corrected chi connectivity index (χ3v) is 1.40. The maximum absolute atomic E-state index is 4.00. The van der Waals surface area contributed by atoms with Crippen molar-refractivity contribution in [3.8, 4) is 0 Å². The van der Waals surface area contributed by atoms with Gasteiger partial charge < -0.3 is 0 Å². The predicted molar refractivity (Wildman–Crippen MR) is 31.5 cm³/mol. The molecule has 0 bridgehead atoms. The molecule has 1 aromatic rings. The summed E-state index contributed by atoms with van der Waals surface area (Å²) >= 11 is 0. The van der Waals surface area contributed by atoms with Crippen LogP contribution in [0.15, 0.2) is 16.4 Å². The van der Waals surface area contributed by atoms with Crippen molar-refractivity contribution < 1.29 is 0 Å². The Kier molecular flexibility index (Phi) is 0.726. The van der Waals surface area contributed by atoms with Crippen LogP contribution in [0, 0.1) is 6.92 Å². The van der Waals surface area contributed by atoms with E-state index < -0.39 is 0 Å². The van der Waals surface area contributed by atoms with Crippen LogP contribution in [0.4, 0.5) is 5.95 Å². The van der Waals surface area contributed by atoms with Crippen molar-refractivity contribution >= 4 is 5.95 Å². The van der Waals surface area contributed by atoms with Crippen LogP contribution in [0.1, 0.15) is 5.69 Å². The Labute approximate surface area is 52.2 Å². The summed E-state index contributed by atoms with van der Waals surface area (Å²) in [6.45, 7) is 2.63. The Morgan fingerprint density at radius 2 is 2.56 bits per heavy atom. The van der Waals surface area contributed by atoms with E-state index in [4.69, 9.17) is 0 Å². The molecule has 1 aliphatic heterocycles. The third kappa shape index (κ3) is 0.497. The fraction of sp³-hybridized carbons (Fsp3) is 0.400. The highest BCUT2D eigenvalue weighted by Gasteiger charge is 2.08. The van der Waals surface area contributed by atoms with Gasteiger partial charge in [0, 0.05) is 5.69 Å². The fourth-order valence-corrected chi connectivity index (χ4v) is 0.861. The van der Waals surface area contributed by atoms with Gasteiger partial charge in [-0.15, -0.1) is 5.11 Å². The van der Waals surface area contributed by atoms with E-state index in [9.17, 15) is 0 Å². The van der Waals surface area contributed by atoms with E-state index in [1.54, 1.807) is 6.20 Å². The number of aromatic nitrogens is 2. The predicted octanol–water partition coefficient (Wildman–Crippen LogP) is 1.25. The van der Waals surface area contributed by atoms with Gasteiger partial charge in [-0.2, -0.15) is 5.11 Å². The molecule has 4 heteroatoms. The SMILES string of the molecule is Cc1cnc2n1CN=N2. The first-order valence-electron chi connectivity index (χ1n) is 2.77. The highest BCUT2D eigenvalue weighted by molar-refractivity contribution is 5.21. The van der Waals surface area contributed by atoms with Crippen molar-refractivity contribution in [3.63, 3.8) is 0 Å². The molecule has 1 aromatic heterocycles. The van der Waals surface area contributed by atoms with Gasteiger partial charge in [-0.25, -0.2) is 4.98 Å². The molecule has 1 aliphatic rings. The number of rotatable bonds is 0. The molecule has 0 N–H and O–H groups in total. The molecule has 0 amide bonds. The molecule has 0 spiro atoms. The summed E-state index contributed by atoms with van der Waals surface area (Å²) in [5, 5.41) is 7.59. The maximum Gasteiger partial charge on any atom is 0.250 e. The van der Waals surface area contributed by atoms with Crippen LogP contribution in [0.25, 0.3) is 0 Å². The number of hydrogen-bond donors (Lipinski definition) is 0. The summed E-state index contributed by atoms with van der Waals surface area (Å²) in [6, 6.07) is 0. The average Bonchev–Trinajstić information content (AvgIpc) is 2.35. The lowest BCUT2D eigenvalue weighted by molar-refractivity contribution is 0.754. The third-order valence-electron chi connectivity index (χ3n) is 1.40. The number of azo groups is 1. The van der Waals surface area contributed by atoms with Crippen molar-refractivity contribution in [2.24, 2.45) is 10.2 Å². The zero-order valence-corrected chi connectivity index (χ0v) is 5.07.